The van der Waals surface area contributed by atoms with Crippen molar-refractivity contribution in [1.82, 2.24) is 9.55 Å². The van der Waals surface area contributed by atoms with E-state index in [0.717, 1.165) is 48.1 Å². The molecule has 1 aliphatic rings. The van der Waals surface area contributed by atoms with Crippen LogP contribution >= 0.6 is 11.8 Å². The lowest BCUT2D eigenvalue weighted by Gasteiger charge is -2.14. The van der Waals surface area contributed by atoms with Gasteiger partial charge in [-0.25, -0.2) is 4.98 Å². The predicted molar refractivity (Wildman–Crippen MR) is 101 cm³/mol. The fourth-order valence-corrected chi connectivity index (χ4v) is 3.91. The molecule has 1 amide bonds. The molecule has 9 heteroatoms. The first-order valence-electron chi connectivity index (χ1n) is 8.99. The number of thioether (sulfide) groups is 1. The average Bonchev–Trinajstić information content (AvgIpc) is 3.24. The summed E-state index contributed by atoms with van der Waals surface area (Å²) in [6.07, 6.45) is -2.17. The van der Waals surface area contributed by atoms with Crippen molar-refractivity contribution in [3.05, 3.63) is 41.2 Å². The molecule has 28 heavy (non-hydrogen) atoms. The number of imidazole rings is 1. The van der Waals surface area contributed by atoms with E-state index in [-0.39, 0.29) is 17.8 Å². The molecule has 1 saturated heterocycles. The smallest absolute Gasteiger partial charge is 0.376 e. The van der Waals surface area contributed by atoms with Gasteiger partial charge in [-0.15, -0.1) is 0 Å². The summed E-state index contributed by atoms with van der Waals surface area (Å²) in [5.74, 6) is -0.186. The number of carbonyl (C=O) groups excluding carboxylic acids is 1. The lowest BCUT2D eigenvalue weighted by molar-refractivity contribution is -0.137. The van der Waals surface area contributed by atoms with Gasteiger partial charge in [0.25, 0.3) is 0 Å². The van der Waals surface area contributed by atoms with Crippen LogP contribution in [-0.4, -0.2) is 33.9 Å². The van der Waals surface area contributed by atoms with Crippen molar-refractivity contribution in [2.24, 2.45) is 0 Å². The third kappa shape index (κ3) is 5.08. The summed E-state index contributed by atoms with van der Waals surface area (Å²) < 4.78 is 45.6. The van der Waals surface area contributed by atoms with Gasteiger partial charge in [0, 0.05) is 18.0 Å². The molecule has 1 aromatic heterocycles. The molecule has 0 aliphatic carbocycles. The van der Waals surface area contributed by atoms with Crippen LogP contribution in [0.4, 0.5) is 18.9 Å². The fourth-order valence-electron chi connectivity index (χ4n) is 3.01. The van der Waals surface area contributed by atoms with E-state index in [1.807, 2.05) is 13.8 Å². The molecule has 0 radical (unpaired) electrons. The van der Waals surface area contributed by atoms with Gasteiger partial charge in [0.15, 0.2) is 5.16 Å². The zero-order valence-corrected chi connectivity index (χ0v) is 16.5. The fraction of sp³-hybridized carbons (Fsp3) is 0.474. The Kier molecular flexibility index (Phi) is 6.34. The number of hydrogen-bond acceptors (Lipinski definition) is 4. The Morgan fingerprint density at radius 3 is 2.64 bits per heavy atom. The van der Waals surface area contributed by atoms with Crippen molar-refractivity contribution >= 4 is 23.4 Å². The number of alkyl halides is 3. The van der Waals surface area contributed by atoms with Gasteiger partial charge in [-0.05, 0) is 51.0 Å². The molecule has 1 unspecified atom stereocenters. The van der Waals surface area contributed by atoms with Gasteiger partial charge in [0.2, 0.25) is 5.91 Å². The minimum atomic E-state index is -4.39. The van der Waals surface area contributed by atoms with E-state index in [4.69, 9.17) is 4.74 Å². The predicted octanol–water partition coefficient (Wildman–Crippen LogP) is 4.43. The third-order valence-corrected chi connectivity index (χ3v) is 5.64. The number of halogens is 3. The molecule has 1 aromatic carbocycles. The second kappa shape index (κ2) is 8.57. The number of aromatic nitrogens is 2. The number of anilines is 1. The summed E-state index contributed by atoms with van der Waals surface area (Å²) >= 11 is 1.30. The number of aryl methyl sites for hydroxylation is 1. The van der Waals surface area contributed by atoms with Crippen molar-refractivity contribution < 1.29 is 22.7 Å². The van der Waals surface area contributed by atoms with Gasteiger partial charge in [-0.2, -0.15) is 13.2 Å². The lowest BCUT2D eigenvalue weighted by Crippen LogP contribution is -2.18. The molecule has 3 rings (SSSR count). The summed E-state index contributed by atoms with van der Waals surface area (Å²) in [5, 5.41) is 3.36. The first-order chi connectivity index (χ1) is 13.2. The Balaban J connectivity index is 1.59. The van der Waals surface area contributed by atoms with Crippen molar-refractivity contribution in [3.8, 4) is 0 Å². The zero-order valence-electron chi connectivity index (χ0n) is 15.7. The van der Waals surface area contributed by atoms with Crippen LogP contribution in [0, 0.1) is 13.8 Å². The van der Waals surface area contributed by atoms with Gasteiger partial charge >= 0.3 is 6.18 Å². The molecule has 1 fully saturated rings. The van der Waals surface area contributed by atoms with Crippen LogP contribution in [0.15, 0.2) is 29.4 Å². The van der Waals surface area contributed by atoms with Crippen LogP contribution in [-0.2, 0) is 22.3 Å². The minimum Gasteiger partial charge on any atom is -0.376 e. The molecule has 0 bridgehead atoms. The van der Waals surface area contributed by atoms with E-state index in [0.29, 0.717) is 12.2 Å². The SMILES string of the molecule is Cc1nc(SCC(=O)Nc2ccc(C(F)(F)F)cc2)n(CC2CCCO2)c1C. The number of nitrogens with zero attached hydrogens (tertiary/aromatic N) is 2. The Morgan fingerprint density at radius 1 is 1.32 bits per heavy atom. The monoisotopic (exact) mass is 413 g/mol. The van der Waals surface area contributed by atoms with E-state index in [9.17, 15) is 18.0 Å². The standard InChI is InChI=1S/C19H22F3N3O2S/c1-12-13(2)25(10-16-4-3-9-27-16)18(23-12)28-11-17(26)24-15-7-5-14(6-8-15)19(20,21)22/h5-8,16H,3-4,9-11H2,1-2H3,(H,24,26). The Labute approximate surface area is 165 Å². The van der Waals surface area contributed by atoms with Gasteiger partial charge in [-0.1, -0.05) is 11.8 Å². The normalized spacial score (nSPS) is 17.1. The molecule has 2 aromatic rings. The van der Waals surface area contributed by atoms with Crippen molar-refractivity contribution in [2.75, 3.05) is 17.7 Å². The topological polar surface area (TPSA) is 56.2 Å². The van der Waals surface area contributed by atoms with Crippen LogP contribution in [0.25, 0.3) is 0 Å². The first kappa shape index (κ1) is 20.7. The maximum absolute atomic E-state index is 12.6. The number of nitrogens with one attached hydrogen (secondary N) is 1. The first-order valence-corrected chi connectivity index (χ1v) is 9.98. The van der Waals surface area contributed by atoms with Crippen LogP contribution in [0.2, 0.25) is 0 Å². The van der Waals surface area contributed by atoms with Gasteiger partial charge < -0.3 is 14.6 Å². The molecule has 5 nitrogen and oxygen atoms in total. The molecule has 1 aliphatic heterocycles. The summed E-state index contributed by atoms with van der Waals surface area (Å²) in [6, 6.07) is 4.39. The number of ether oxygens (including phenoxy) is 1. The Morgan fingerprint density at radius 2 is 2.04 bits per heavy atom. The van der Waals surface area contributed by atoms with Crippen molar-refractivity contribution in [1.29, 1.82) is 0 Å². The van der Waals surface area contributed by atoms with Crippen LogP contribution in [0.5, 0.6) is 0 Å². The number of rotatable bonds is 6. The summed E-state index contributed by atoms with van der Waals surface area (Å²) in [6.45, 7) is 5.39. The van der Waals surface area contributed by atoms with Crippen LogP contribution in [0.1, 0.15) is 29.8 Å². The highest BCUT2D eigenvalue weighted by Gasteiger charge is 2.30. The Hall–Kier alpha value is -2.00. The zero-order chi connectivity index (χ0) is 20.3. The number of benzene rings is 1. The molecular weight excluding hydrogens is 391 g/mol. The molecule has 0 saturated carbocycles. The third-order valence-electron chi connectivity index (χ3n) is 4.66. The van der Waals surface area contributed by atoms with E-state index in [1.165, 1.54) is 23.9 Å². The highest BCUT2D eigenvalue weighted by molar-refractivity contribution is 7.99. The number of carbonyl (C=O) groups is 1. The summed E-state index contributed by atoms with van der Waals surface area (Å²) in [5.41, 5.74) is 1.53. The lowest BCUT2D eigenvalue weighted by atomic mass is 10.2. The molecule has 1 N–H and O–H groups in total. The summed E-state index contributed by atoms with van der Waals surface area (Å²) in [7, 11) is 0. The minimum absolute atomic E-state index is 0.114. The highest BCUT2D eigenvalue weighted by atomic mass is 32.2. The highest BCUT2D eigenvalue weighted by Crippen LogP contribution is 2.30. The van der Waals surface area contributed by atoms with Gasteiger partial charge in [-0.3, -0.25) is 4.79 Å². The van der Waals surface area contributed by atoms with Crippen molar-refractivity contribution in [3.63, 3.8) is 0 Å². The van der Waals surface area contributed by atoms with E-state index < -0.39 is 11.7 Å². The Bertz CT molecular complexity index is 828. The number of hydrogen-bond donors (Lipinski definition) is 1. The maximum Gasteiger partial charge on any atom is 0.416 e. The van der Waals surface area contributed by atoms with E-state index in [1.54, 1.807) is 0 Å². The molecule has 1 atom stereocenters. The van der Waals surface area contributed by atoms with E-state index in [2.05, 4.69) is 14.9 Å². The second-order valence-electron chi connectivity index (χ2n) is 6.72. The molecule has 2 heterocycles. The second-order valence-corrected chi connectivity index (χ2v) is 7.67. The van der Waals surface area contributed by atoms with E-state index >= 15 is 0 Å². The largest absolute Gasteiger partial charge is 0.416 e. The molecule has 0 spiro atoms. The van der Waals surface area contributed by atoms with Crippen LogP contribution in [0.3, 0.4) is 0 Å². The molecular formula is C19H22F3N3O2S. The van der Waals surface area contributed by atoms with Gasteiger partial charge in [0.05, 0.1) is 29.7 Å². The average molecular weight is 413 g/mol. The van der Waals surface area contributed by atoms with Crippen LogP contribution < -0.4 is 5.32 Å². The number of amides is 1. The van der Waals surface area contributed by atoms with Crippen molar-refractivity contribution in [2.45, 2.75) is 50.7 Å². The maximum atomic E-state index is 12.6. The quantitative estimate of drug-likeness (QED) is 0.712. The molecule has 152 valence electrons. The summed E-state index contributed by atoms with van der Waals surface area (Å²) in [4.78, 5) is 16.7. The van der Waals surface area contributed by atoms with Gasteiger partial charge in [0.1, 0.15) is 0 Å².